The van der Waals surface area contributed by atoms with Gasteiger partial charge >= 0.3 is 5.97 Å². The Morgan fingerprint density at radius 3 is 2.33 bits per heavy atom. The molecule has 18 heavy (non-hydrogen) atoms. The lowest BCUT2D eigenvalue weighted by Crippen LogP contribution is -2.04. The number of carboxylic acids is 1. The number of aromatic nitrogens is 2. The Hall–Kier alpha value is -2.10. The molecule has 2 aromatic rings. The minimum Gasteiger partial charge on any atom is -0.478 e. The lowest BCUT2D eigenvalue weighted by Gasteiger charge is -2.07. The number of aromatic carboxylic acids is 1. The summed E-state index contributed by atoms with van der Waals surface area (Å²) in [7, 11) is 0. The van der Waals surface area contributed by atoms with Gasteiger partial charge in [0.15, 0.2) is 0 Å². The molecule has 0 fully saturated rings. The highest BCUT2D eigenvalue weighted by Gasteiger charge is 2.12. The van der Waals surface area contributed by atoms with Gasteiger partial charge in [0.2, 0.25) is 0 Å². The fourth-order valence-corrected chi connectivity index (χ4v) is 1.99. The summed E-state index contributed by atoms with van der Waals surface area (Å²) < 4.78 is 1.85. The Bertz CT molecular complexity index is 627. The van der Waals surface area contributed by atoms with E-state index in [9.17, 15) is 4.79 Å². The highest BCUT2D eigenvalue weighted by molar-refractivity contribution is 5.89. The Balaban J connectivity index is 2.55. The van der Waals surface area contributed by atoms with Gasteiger partial charge in [-0.1, -0.05) is 0 Å². The Kier molecular flexibility index (Phi) is 2.95. The molecule has 0 bridgehead atoms. The number of aryl methyl sites for hydroxylation is 2. The van der Waals surface area contributed by atoms with Crippen LogP contribution < -0.4 is 0 Å². The zero-order chi connectivity index (χ0) is 13.4. The van der Waals surface area contributed by atoms with Gasteiger partial charge in [-0.05, 0) is 57.0 Å². The van der Waals surface area contributed by atoms with E-state index < -0.39 is 5.97 Å². The topological polar surface area (TPSA) is 55.1 Å². The minimum absolute atomic E-state index is 0.331. The number of carbonyl (C=O) groups is 1. The molecule has 1 N–H and O–H groups in total. The fraction of sp³-hybridized carbons (Fsp3) is 0.286. The molecule has 1 aromatic carbocycles. The average Bonchev–Trinajstić information content (AvgIpc) is 2.56. The summed E-state index contributed by atoms with van der Waals surface area (Å²) in [5.74, 6) is -0.899. The molecule has 0 atom stereocenters. The van der Waals surface area contributed by atoms with Crippen LogP contribution in [-0.2, 0) is 0 Å². The second-order valence-corrected chi connectivity index (χ2v) is 4.51. The summed E-state index contributed by atoms with van der Waals surface area (Å²) in [5.41, 5.74) is 5.20. The molecule has 2 rings (SSSR count). The summed E-state index contributed by atoms with van der Waals surface area (Å²) in [4.78, 5) is 11.0. The molecule has 0 aliphatic rings. The summed E-state index contributed by atoms with van der Waals surface area (Å²) in [6.45, 7) is 7.81. The highest BCUT2D eigenvalue weighted by atomic mass is 16.4. The predicted octanol–water partition coefficient (Wildman–Crippen LogP) is 2.80. The highest BCUT2D eigenvalue weighted by Crippen LogP contribution is 2.19. The van der Waals surface area contributed by atoms with Gasteiger partial charge < -0.3 is 5.11 Å². The van der Waals surface area contributed by atoms with Crippen molar-refractivity contribution in [2.24, 2.45) is 0 Å². The van der Waals surface area contributed by atoms with Gasteiger partial charge in [0, 0.05) is 5.69 Å². The van der Waals surface area contributed by atoms with Crippen LogP contribution in [0.25, 0.3) is 5.69 Å². The molecule has 0 saturated carbocycles. The van der Waals surface area contributed by atoms with Crippen molar-refractivity contribution in [1.29, 1.82) is 0 Å². The van der Waals surface area contributed by atoms with Gasteiger partial charge in [0.25, 0.3) is 0 Å². The molecular weight excluding hydrogens is 228 g/mol. The molecule has 94 valence electrons. The SMILES string of the molecule is Cc1cc(-n2nc(C)c(C)c2C)ccc1C(=O)O. The van der Waals surface area contributed by atoms with Crippen molar-refractivity contribution in [2.75, 3.05) is 0 Å². The number of nitrogens with zero attached hydrogens (tertiary/aromatic N) is 2. The average molecular weight is 244 g/mol. The van der Waals surface area contributed by atoms with Crippen molar-refractivity contribution >= 4 is 5.97 Å². The van der Waals surface area contributed by atoms with Crippen molar-refractivity contribution in [3.05, 3.63) is 46.3 Å². The summed E-state index contributed by atoms with van der Waals surface area (Å²) >= 11 is 0. The second-order valence-electron chi connectivity index (χ2n) is 4.51. The first-order valence-corrected chi connectivity index (χ1v) is 5.79. The van der Waals surface area contributed by atoms with Gasteiger partial charge in [-0.15, -0.1) is 0 Å². The van der Waals surface area contributed by atoms with Crippen LogP contribution in [0.2, 0.25) is 0 Å². The van der Waals surface area contributed by atoms with Gasteiger partial charge in [0.1, 0.15) is 0 Å². The first kappa shape index (κ1) is 12.4. The van der Waals surface area contributed by atoms with Gasteiger partial charge in [-0.25, -0.2) is 9.48 Å². The van der Waals surface area contributed by atoms with E-state index in [2.05, 4.69) is 5.10 Å². The van der Waals surface area contributed by atoms with E-state index in [0.29, 0.717) is 5.56 Å². The molecule has 0 spiro atoms. The number of carboxylic acid groups (broad SMARTS) is 1. The van der Waals surface area contributed by atoms with E-state index in [0.717, 1.165) is 28.2 Å². The minimum atomic E-state index is -0.899. The van der Waals surface area contributed by atoms with E-state index in [1.54, 1.807) is 19.1 Å². The molecule has 0 aliphatic heterocycles. The summed E-state index contributed by atoms with van der Waals surface area (Å²) in [6.07, 6.45) is 0. The van der Waals surface area contributed by atoms with E-state index >= 15 is 0 Å². The third kappa shape index (κ3) is 1.90. The molecule has 4 nitrogen and oxygen atoms in total. The van der Waals surface area contributed by atoms with Crippen LogP contribution in [0.4, 0.5) is 0 Å². The van der Waals surface area contributed by atoms with Crippen LogP contribution in [0.3, 0.4) is 0 Å². The maximum absolute atomic E-state index is 11.0. The third-order valence-electron chi connectivity index (χ3n) is 3.34. The molecule has 0 unspecified atom stereocenters. The predicted molar refractivity (Wildman–Crippen MR) is 69.5 cm³/mol. The Morgan fingerprint density at radius 1 is 1.22 bits per heavy atom. The third-order valence-corrected chi connectivity index (χ3v) is 3.34. The molecular formula is C14H16N2O2. The van der Waals surface area contributed by atoms with E-state index in [-0.39, 0.29) is 0 Å². The Labute approximate surface area is 106 Å². The van der Waals surface area contributed by atoms with E-state index in [4.69, 9.17) is 5.11 Å². The molecule has 1 heterocycles. The van der Waals surface area contributed by atoms with Crippen molar-refractivity contribution in [1.82, 2.24) is 9.78 Å². The van der Waals surface area contributed by atoms with Gasteiger partial charge in [0.05, 0.1) is 16.9 Å². The first-order valence-electron chi connectivity index (χ1n) is 5.79. The van der Waals surface area contributed by atoms with Crippen LogP contribution >= 0.6 is 0 Å². The van der Waals surface area contributed by atoms with Crippen LogP contribution in [0.15, 0.2) is 18.2 Å². The fourth-order valence-electron chi connectivity index (χ4n) is 1.99. The Morgan fingerprint density at radius 2 is 1.89 bits per heavy atom. The van der Waals surface area contributed by atoms with Crippen LogP contribution in [0.1, 0.15) is 32.9 Å². The lowest BCUT2D eigenvalue weighted by atomic mass is 10.1. The molecule has 1 aromatic heterocycles. The van der Waals surface area contributed by atoms with E-state index in [1.165, 1.54) is 0 Å². The lowest BCUT2D eigenvalue weighted by molar-refractivity contribution is 0.0696. The molecule has 4 heteroatoms. The summed E-state index contributed by atoms with van der Waals surface area (Å²) in [6, 6.07) is 5.26. The second kappa shape index (κ2) is 4.29. The first-order chi connectivity index (χ1) is 8.41. The number of rotatable bonds is 2. The normalized spacial score (nSPS) is 10.7. The van der Waals surface area contributed by atoms with Crippen molar-refractivity contribution in [3.63, 3.8) is 0 Å². The van der Waals surface area contributed by atoms with Crippen molar-refractivity contribution < 1.29 is 9.90 Å². The number of hydrogen-bond donors (Lipinski definition) is 1. The quantitative estimate of drug-likeness (QED) is 0.883. The maximum atomic E-state index is 11.0. The standard InChI is InChI=1S/C14H16N2O2/c1-8-7-12(5-6-13(8)14(17)18)16-11(4)9(2)10(3)15-16/h5-7H,1-4H3,(H,17,18). The van der Waals surface area contributed by atoms with E-state index in [1.807, 2.05) is 31.5 Å². The zero-order valence-electron chi connectivity index (χ0n) is 11.0. The smallest absolute Gasteiger partial charge is 0.335 e. The van der Waals surface area contributed by atoms with Crippen LogP contribution in [0, 0.1) is 27.7 Å². The molecule has 0 aliphatic carbocycles. The number of hydrogen-bond acceptors (Lipinski definition) is 2. The molecule has 0 amide bonds. The van der Waals surface area contributed by atoms with Crippen molar-refractivity contribution in [2.45, 2.75) is 27.7 Å². The van der Waals surface area contributed by atoms with Crippen LogP contribution in [0.5, 0.6) is 0 Å². The maximum Gasteiger partial charge on any atom is 0.335 e. The summed E-state index contributed by atoms with van der Waals surface area (Å²) in [5, 5.41) is 13.5. The van der Waals surface area contributed by atoms with Crippen LogP contribution in [-0.4, -0.2) is 20.9 Å². The molecule has 0 saturated heterocycles. The van der Waals surface area contributed by atoms with Crippen molar-refractivity contribution in [3.8, 4) is 5.69 Å². The number of benzene rings is 1. The zero-order valence-corrected chi connectivity index (χ0v) is 11.0. The van der Waals surface area contributed by atoms with Gasteiger partial charge in [-0.2, -0.15) is 5.10 Å². The molecule has 0 radical (unpaired) electrons. The monoisotopic (exact) mass is 244 g/mol. The largest absolute Gasteiger partial charge is 0.478 e. The van der Waals surface area contributed by atoms with Gasteiger partial charge in [-0.3, -0.25) is 0 Å².